The first-order valence-electron chi connectivity index (χ1n) is 18.4. The zero-order valence-corrected chi connectivity index (χ0v) is 30.5. The maximum absolute atomic E-state index is 14.5. The van der Waals surface area contributed by atoms with Crippen LogP contribution in [0.2, 0.25) is 0 Å². The number of benzene rings is 2. The number of aryl methyl sites for hydroxylation is 1. The van der Waals surface area contributed by atoms with Crippen LogP contribution in [-0.2, 0) is 30.8 Å². The van der Waals surface area contributed by atoms with Crippen LogP contribution in [-0.4, -0.2) is 82.4 Å². The van der Waals surface area contributed by atoms with Gasteiger partial charge in [0.1, 0.15) is 41.1 Å². The molecule has 0 radical (unpaired) electrons. The Bertz CT molecular complexity index is 2110. The third-order valence-electron chi connectivity index (χ3n) is 10.5. The minimum atomic E-state index is -3.93. The van der Waals surface area contributed by atoms with Gasteiger partial charge in [0.25, 0.3) is 11.8 Å². The molecule has 2 saturated carbocycles. The predicted octanol–water partition coefficient (Wildman–Crippen LogP) is 3.62. The second kappa shape index (κ2) is 15.0. The number of rotatable bonds is 8. The normalized spacial score (nSPS) is 26.8. The van der Waals surface area contributed by atoms with Gasteiger partial charge >= 0.3 is 0 Å². The van der Waals surface area contributed by atoms with Crippen LogP contribution >= 0.6 is 0 Å². The molecular formula is C38H42F2N6O7S. The number of sulfonamides is 1. The zero-order chi connectivity index (χ0) is 38.2. The number of nitrogens with zero attached hydrogens (tertiary/aromatic N) is 3. The molecule has 2 aliphatic heterocycles. The number of carbonyl (C=O) groups is 4. The molecule has 3 N–H and O–H groups in total. The molecule has 54 heavy (non-hydrogen) atoms. The first-order chi connectivity index (χ1) is 25.9. The minimum Gasteiger partial charge on any atom is -0.471 e. The van der Waals surface area contributed by atoms with E-state index in [2.05, 4.69) is 25.3 Å². The number of allylic oxidation sites excluding steroid dienone is 1. The van der Waals surface area contributed by atoms with E-state index in [1.54, 1.807) is 0 Å². The predicted molar refractivity (Wildman–Crippen MR) is 192 cm³/mol. The van der Waals surface area contributed by atoms with Crippen molar-refractivity contribution in [2.24, 2.45) is 5.92 Å². The Morgan fingerprint density at radius 1 is 1.00 bits per heavy atom. The summed E-state index contributed by atoms with van der Waals surface area (Å²) >= 11 is 0. The fourth-order valence-corrected chi connectivity index (χ4v) is 8.58. The fourth-order valence-electron chi connectivity index (χ4n) is 7.22. The molecule has 1 unspecified atom stereocenters. The van der Waals surface area contributed by atoms with Gasteiger partial charge in [-0.25, -0.2) is 27.2 Å². The van der Waals surface area contributed by atoms with Crippen molar-refractivity contribution in [3.05, 3.63) is 77.5 Å². The van der Waals surface area contributed by atoms with Crippen molar-refractivity contribution in [1.29, 1.82) is 0 Å². The van der Waals surface area contributed by atoms with Crippen molar-refractivity contribution in [1.82, 2.24) is 30.2 Å². The van der Waals surface area contributed by atoms with Crippen molar-refractivity contribution in [3.8, 4) is 5.88 Å². The number of aromatic nitrogens is 2. The Morgan fingerprint density at radius 2 is 1.76 bits per heavy atom. The third kappa shape index (κ3) is 7.93. The first kappa shape index (κ1) is 37.3. The number of ether oxygens (including phenoxy) is 1. The maximum atomic E-state index is 14.5. The molecule has 5 atom stereocenters. The summed E-state index contributed by atoms with van der Waals surface area (Å²) in [5.74, 6) is -4.06. The van der Waals surface area contributed by atoms with Crippen LogP contribution in [0.4, 0.5) is 8.78 Å². The van der Waals surface area contributed by atoms with E-state index in [0.29, 0.717) is 49.7 Å². The van der Waals surface area contributed by atoms with E-state index in [1.165, 1.54) is 35.2 Å². The maximum Gasteiger partial charge on any atom is 0.259 e. The van der Waals surface area contributed by atoms with E-state index < -0.39 is 80.2 Å². The summed E-state index contributed by atoms with van der Waals surface area (Å²) in [4.78, 5) is 66.3. The largest absolute Gasteiger partial charge is 0.471 e. The second-order valence-corrected chi connectivity index (χ2v) is 16.5. The SMILES string of the molecule is CCc1nc2ccc(F)cc2nc1O[C@@H]1C[C@H]2C(=O)N[C@]3(C(=O)NS(=O)(=O)C4CC4)CC3/C=C\CCCCC[C@H](NC(=O)c3ccc(F)cc3)C(=O)N2C1. The Hall–Kier alpha value is -4.99. The average Bonchev–Trinajstić information content (AvgIpc) is 4.07. The van der Waals surface area contributed by atoms with Crippen LogP contribution < -0.4 is 20.1 Å². The molecule has 16 heteroatoms. The van der Waals surface area contributed by atoms with Crippen molar-refractivity contribution >= 4 is 44.7 Å². The van der Waals surface area contributed by atoms with Crippen LogP contribution in [0.3, 0.4) is 0 Å². The Kier molecular flexibility index (Phi) is 10.4. The Morgan fingerprint density at radius 3 is 2.50 bits per heavy atom. The summed E-state index contributed by atoms with van der Waals surface area (Å²) in [5.41, 5.74) is -0.194. The van der Waals surface area contributed by atoms with Gasteiger partial charge in [0.2, 0.25) is 27.7 Å². The van der Waals surface area contributed by atoms with Gasteiger partial charge in [-0.15, -0.1) is 0 Å². The zero-order valence-electron chi connectivity index (χ0n) is 29.7. The summed E-state index contributed by atoms with van der Waals surface area (Å²) in [5, 5.41) is 4.96. The molecular weight excluding hydrogens is 723 g/mol. The van der Waals surface area contributed by atoms with Crippen LogP contribution in [0.1, 0.15) is 80.8 Å². The molecule has 3 heterocycles. The first-order valence-corrected chi connectivity index (χ1v) is 20.0. The quantitative estimate of drug-likeness (QED) is 0.289. The summed E-state index contributed by atoms with van der Waals surface area (Å²) in [7, 11) is -3.93. The molecule has 7 rings (SSSR count). The van der Waals surface area contributed by atoms with Crippen molar-refractivity contribution in [3.63, 3.8) is 0 Å². The lowest BCUT2D eigenvalue weighted by atomic mass is 10.0. The van der Waals surface area contributed by atoms with Crippen molar-refractivity contribution in [2.75, 3.05) is 6.54 Å². The van der Waals surface area contributed by atoms with E-state index in [0.717, 1.165) is 18.6 Å². The Labute approximate surface area is 311 Å². The van der Waals surface area contributed by atoms with Gasteiger partial charge in [0, 0.05) is 24.0 Å². The number of hydrogen-bond acceptors (Lipinski definition) is 9. The lowest BCUT2D eigenvalue weighted by Gasteiger charge is -2.30. The van der Waals surface area contributed by atoms with Crippen molar-refractivity contribution < 1.29 is 41.1 Å². The van der Waals surface area contributed by atoms with Crippen molar-refractivity contribution in [2.45, 2.75) is 100 Å². The molecule has 2 aromatic carbocycles. The second-order valence-electron chi connectivity index (χ2n) is 14.5. The number of nitrogens with one attached hydrogen (secondary N) is 3. The van der Waals surface area contributed by atoms with Crippen LogP contribution in [0.5, 0.6) is 5.88 Å². The summed E-state index contributed by atoms with van der Waals surface area (Å²) in [6.07, 6.45) is 7.29. The highest BCUT2D eigenvalue weighted by Gasteiger charge is 2.62. The van der Waals surface area contributed by atoms with Gasteiger partial charge in [-0.2, -0.15) is 0 Å². The summed E-state index contributed by atoms with van der Waals surface area (Å²) < 4.78 is 61.9. The third-order valence-corrected chi connectivity index (χ3v) is 12.3. The Balaban J connectivity index is 1.20. The van der Waals surface area contributed by atoms with Gasteiger partial charge in [-0.1, -0.05) is 31.9 Å². The molecule has 4 amide bonds. The van der Waals surface area contributed by atoms with E-state index >= 15 is 0 Å². The number of hydrogen-bond donors (Lipinski definition) is 3. The highest BCUT2D eigenvalue weighted by Crippen LogP contribution is 2.46. The average molecular weight is 765 g/mol. The van der Waals surface area contributed by atoms with Gasteiger partial charge in [0.15, 0.2) is 0 Å². The minimum absolute atomic E-state index is 0.0409. The molecule has 2 aliphatic carbocycles. The molecule has 0 bridgehead atoms. The van der Waals surface area contributed by atoms with E-state index in [9.17, 15) is 36.4 Å². The van der Waals surface area contributed by atoms with E-state index in [-0.39, 0.29) is 42.8 Å². The number of amides is 4. The van der Waals surface area contributed by atoms with Crippen LogP contribution in [0.25, 0.3) is 11.0 Å². The molecule has 1 aromatic heterocycles. The molecule has 0 spiro atoms. The smallest absolute Gasteiger partial charge is 0.259 e. The number of halogens is 2. The fraction of sp³-hybridized carbons (Fsp3) is 0.474. The van der Waals surface area contributed by atoms with Gasteiger partial charge in [0.05, 0.1) is 22.8 Å². The number of fused-ring (bicyclic) bond motifs is 3. The molecule has 3 fully saturated rings. The lowest BCUT2D eigenvalue weighted by molar-refractivity contribution is -0.141. The van der Waals surface area contributed by atoms with Crippen LogP contribution in [0, 0.1) is 17.6 Å². The van der Waals surface area contributed by atoms with Crippen LogP contribution in [0.15, 0.2) is 54.6 Å². The topological polar surface area (TPSA) is 177 Å². The molecule has 13 nitrogen and oxygen atoms in total. The summed E-state index contributed by atoms with van der Waals surface area (Å²) in [6.45, 7) is 1.75. The highest BCUT2D eigenvalue weighted by atomic mass is 32.2. The molecule has 3 aromatic rings. The highest BCUT2D eigenvalue weighted by molar-refractivity contribution is 7.91. The summed E-state index contributed by atoms with van der Waals surface area (Å²) in [6, 6.07) is 6.67. The van der Waals surface area contributed by atoms with E-state index in [4.69, 9.17) is 4.74 Å². The standard InChI is InChI=1S/C38H42F2N6O7S/c1-2-28-35(43-31-18-25(40)14-17-29(31)41-28)53-26-19-32-34(48)44-38(37(50)45-54(51,52)27-15-16-27)20-23(38)8-6-4-3-5-7-9-30(36(49)46(32)21-26)42-33(47)22-10-12-24(39)13-11-22/h6,8,10-14,17-18,23,26-27,30,32H,2-5,7,9,15-16,19-21H2,1H3,(H,42,47)(H,44,48)(H,45,50)/b8-6-/t23?,26-,30+,32+,38-/m1/s1. The molecule has 1 saturated heterocycles. The van der Waals surface area contributed by atoms with Gasteiger partial charge < -0.3 is 20.3 Å². The molecule has 286 valence electrons. The van der Waals surface area contributed by atoms with Gasteiger partial charge in [-0.05, 0) is 81.3 Å². The van der Waals surface area contributed by atoms with E-state index in [1.807, 2.05) is 19.1 Å². The molecule has 4 aliphatic rings. The number of carbonyl (C=O) groups excluding carboxylic acids is 4. The van der Waals surface area contributed by atoms with Gasteiger partial charge in [-0.3, -0.25) is 23.9 Å². The monoisotopic (exact) mass is 764 g/mol. The lowest BCUT2D eigenvalue weighted by Crippen LogP contribution is -2.58.